The molecule has 1 heterocycles. The molecule has 0 aliphatic heterocycles. The van der Waals surface area contributed by atoms with E-state index in [-0.39, 0.29) is 0 Å². The Morgan fingerprint density at radius 1 is 1.47 bits per heavy atom. The van der Waals surface area contributed by atoms with Crippen LogP contribution in [0.4, 0.5) is 0 Å². The average molecular weight is 228 g/mol. The first-order valence-electron chi connectivity index (χ1n) is 5.42. The van der Waals surface area contributed by atoms with Crippen LogP contribution in [0, 0.1) is 6.92 Å². The zero-order valence-electron chi connectivity index (χ0n) is 9.87. The second-order valence-electron chi connectivity index (χ2n) is 3.77. The van der Waals surface area contributed by atoms with Crippen molar-refractivity contribution in [1.29, 1.82) is 0 Å². The Morgan fingerprint density at radius 3 is 2.73 bits per heavy atom. The van der Waals surface area contributed by atoms with Gasteiger partial charge in [0.2, 0.25) is 5.16 Å². The summed E-state index contributed by atoms with van der Waals surface area (Å²) in [5.41, 5.74) is 0. The molecule has 2 atom stereocenters. The van der Waals surface area contributed by atoms with Crippen molar-refractivity contribution in [1.82, 2.24) is 20.5 Å². The maximum atomic E-state index is 4.28. The summed E-state index contributed by atoms with van der Waals surface area (Å²) in [6, 6.07) is 0.480. The first-order valence-corrected chi connectivity index (χ1v) is 6.30. The van der Waals surface area contributed by atoms with E-state index in [1.807, 2.05) is 6.92 Å². The summed E-state index contributed by atoms with van der Waals surface area (Å²) in [6.07, 6.45) is 1.17. The second kappa shape index (κ2) is 6.12. The van der Waals surface area contributed by atoms with Gasteiger partial charge in [0, 0.05) is 11.3 Å². The zero-order valence-corrected chi connectivity index (χ0v) is 10.7. The van der Waals surface area contributed by atoms with Gasteiger partial charge in [0.15, 0.2) is 0 Å². The maximum absolute atomic E-state index is 4.28. The third kappa shape index (κ3) is 4.22. The monoisotopic (exact) mass is 228 g/mol. The van der Waals surface area contributed by atoms with E-state index in [9.17, 15) is 0 Å². The first kappa shape index (κ1) is 12.5. The second-order valence-corrected chi connectivity index (χ2v) is 5.11. The predicted octanol–water partition coefficient (Wildman–Crippen LogP) is 1.98. The molecule has 2 N–H and O–H groups in total. The molecule has 0 amide bonds. The largest absolute Gasteiger partial charge is 0.313 e. The summed E-state index contributed by atoms with van der Waals surface area (Å²) in [4.78, 5) is 4.28. The molecule has 0 fully saturated rings. The summed E-state index contributed by atoms with van der Waals surface area (Å²) in [6.45, 7) is 9.56. The minimum absolute atomic E-state index is 0.478. The van der Waals surface area contributed by atoms with E-state index in [1.54, 1.807) is 11.8 Å². The van der Waals surface area contributed by atoms with Crippen LogP contribution in [0.5, 0.6) is 0 Å². The smallest absolute Gasteiger partial charge is 0.208 e. The molecule has 0 aliphatic rings. The van der Waals surface area contributed by atoms with Crippen molar-refractivity contribution in [3.8, 4) is 0 Å². The number of hydrogen-bond donors (Lipinski definition) is 2. The van der Waals surface area contributed by atoms with Crippen LogP contribution in [0.2, 0.25) is 0 Å². The fourth-order valence-corrected chi connectivity index (χ4v) is 2.10. The standard InChI is InChI=1S/C10H20N4S/c1-5-6-11-7(2)8(3)15-10-12-9(4)13-14-10/h7-8,11H,5-6H2,1-4H3,(H,12,13,14). The minimum Gasteiger partial charge on any atom is -0.313 e. The molecule has 4 nitrogen and oxygen atoms in total. The molecular formula is C10H20N4S. The molecule has 1 aromatic rings. The van der Waals surface area contributed by atoms with E-state index in [0.717, 1.165) is 17.5 Å². The lowest BCUT2D eigenvalue weighted by Crippen LogP contribution is -2.34. The number of aromatic amines is 1. The van der Waals surface area contributed by atoms with Crippen LogP contribution in [0.1, 0.15) is 33.0 Å². The first-order chi connectivity index (χ1) is 7.13. The lowest BCUT2D eigenvalue weighted by atomic mass is 10.2. The average Bonchev–Trinajstić information content (AvgIpc) is 2.60. The lowest BCUT2D eigenvalue weighted by Gasteiger charge is -2.19. The Balaban J connectivity index is 2.37. The zero-order chi connectivity index (χ0) is 11.3. The van der Waals surface area contributed by atoms with Crippen molar-refractivity contribution < 1.29 is 0 Å². The van der Waals surface area contributed by atoms with Crippen LogP contribution >= 0.6 is 11.8 Å². The van der Waals surface area contributed by atoms with Gasteiger partial charge in [0.25, 0.3) is 0 Å². The summed E-state index contributed by atoms with van der Waals surface area (Å²) >= 11 is 1.71. The topological polar surface area (TPSA) is 53.6 Å². The Morgan fingerprint density at radius 2 is 2.20 bits per heavy atom. The van der Waals surface area contributed by atoms with Gasteiger partial charge in [-0.15, -0.1) is 5.10 Å². The number of H-pyrrole nitrogens is 1. The van der Waals surface area contributed by atoms with Crippen LogP contribution in [0.3, 0.4) is 0 Å². The summed E-state index contributed by atoms with van der Waals surface area (Å²) < 4.78 is 0. The molecule has 1 aromatic heterocycles. The van der Waals surface area contributed by atoms with E-state index < -0.39 is 0 Å². The molecule has 0 saturated heterocycles. The Labute approximate surface area is 95.6 Å². The van der Waals surface area contributed by atoms with Crippen LogP contribution in [-0.2, 0) is 0 Å². The van der Waals surface area contributed by atoms with Crippen molar-refractivity contribution in [2.75, 3.05) is 6.54 Å². The molecule has 2 unspecified atom stereocenters. The van der Waals surface area contributed by atoms with Crippen LogP contribution in [0.25, 0.3) is 0 Å². The van der Waals surface area contributed by atoms with Gasteiger partial charge in [-0.25, -0.2) is 4.98 Å². The van der Waals surface area contributed by atoms with Crippen LogP contribution < -0.4 is 5.32 Å². The molecule has 0 aromatic carbocycles. The Hall–Kier alpha value is -0.550. The lowest BCUT2D eigenvalue weighted by molar-refractivity contribution is 0.541. The van der Waals surface area contributed by atoms with Gasteiger partial charge in [0.05, 0.1) is 0 Å². The molecule has 0 bridgehead atoms. The molecule has 1 rings (SSSR count). The number of nitrogens with zero attached hydrogens (tertiary/aromatic N) is 2. The van der Waals surface area contributed by atoms with Gasteiger partial charge in [-0.1, -0.05) is 25.6 Å². The van der Waals surface area contributed by atoms with E-state index in [4.69, 9.17) is 0 Å². The van der Waals surface area contributed by atoms with Gasteiger partial charge in [0.1, 0.15) is 5.82 Å². The van der Waals surface area contributed by atoms with Crippen molar-refractivity contribution in [2.24, 2.45) is 0 Å². The van der Waals surface area contributed by atoms with Crippen LogP contribution in [-0.4, -0.2) is 33.0 Å². The molecule has 15 heavy (non-hydrogen) atoms. The molecular weight excluding hydrogens is 208 g/mol. The normalized spacial score (nSPS) is 15.2. The number of aromatic nitrogens is 3. The minimum atomic E-state index is 0.478. The number of thioether (sulfide) groups is 1. The fourth-order valence-electron chi connectivity index (χ4n) is 1.18. The Bertz CT molecular complexity index is 287. The highest BCUT2D eigenvalue weighted by atomic mass is 32.2. The van der Waals surface area contributed by atoms with Gasteiger partial charge >= 0.3 is 0 Å². The van der Waals surface area contributed by atoms with Gasteiger partial charge in [-0.3, -0.25) is 5.10 Å². The van der Waals surface area contributed by atoms with Crippen molar-refractivity contribution in [3.63, 3.8) is 0 Å². The molecule has 0 saturated carbocycles. The third-order valence-electron chi connectivity index (χ3n) is 2.29. The Kier molecular flexibility index (Phi) is 5.11. The highest BCUT2D eigenvalue weighted by Gasteiger charge is 2.14. The maximum Gasteiger partial charge on any atom is 0.208 e. The third-order valence-corrected chi connectivity index (χ3v) is 3.46. The number of aryl methyl sites for hydroxylation is 1. The molecule has 86 valence electrons. The van der Waals surface area contributed by atoms with Gasteiger partial charge < -0.3 is 5.32 Å². The number of nitrogens with one attached hydrogen (secondary N) is 2. The number of hydrogen-bond acceptors (Lipinski definition) is 4. The van der Waals surface area contributed by atoms with Crippen molar-refractivity contribution >= 4 is 11.8 Å². The van der Waals surface area contributed by atoms with Gasteiger partial charge in [-0.05, 0) is 26.8 Å². The molecule has 5 heteroatoms. The van der Waals surface area contributed by atoms with E-state index in [1.165, 1.54) is 6.42 Å². The summed E-state index contributed by atoms with van der Waals surface area (Å²) in [5, 5.41) is 11.8. The summed E-state index contributed by atoms with van der Waals surface area (Å²) in [7, 11) is 0. The SMILES string of the molecule is CCCNC(C)C(C)Sc1n[nH]c(C)n1. The number of rotatable bonds is 6. The van der Waals surface area contributed by atoms with E-state index >= 15 is 0 Å². The molecule has 0 aliphatic carbocycles. The molecule has 0 spiro atoms. The van der Waals surface area contributed by atoms with Crippen molar-refractivity contribution in [3.05, 3.63) is 5.82 Å². The van der Waals surface area contributed by atoms with E-state index in [2.05, 4.69) is 41.3 Å². The van der Waals surface area contributed by atoms with Crippen LogP contribution in [0.15, 0.2) is 5.16 Å². The van der Waals surface area contributed by atoms with Crippen molar-refractivity contribution in [2.45, 2.75) is 50.6 Å². The molecule has 0 radical (unpaired) electrons. The van der Waals surface area contributed by atoms with E-state index in [0.29, 0.717) is 11.3 Å². The van der Waals surface area contributed by atoms with Gasteiger partial charge in [-0.2, -0.15) is 0 Å². The summed E-state index contributed by atoms with van der Waals surface area (Å²) in [5.74, 6) is 0.874. The highest BCUT2D eigenvalue weighted by Crippen LogP contribution is 2.21. The fraction of sp³-hybridized carbons (Fsp3) is 0.800. The quantitative estimate of drug-likeness (QED) is 0.731. The highest BCUT2D eigenvalue weighted by molar-refractivity contribution is 7.99. The predicted molar refractivity (Wildman–Crippen MR) is 64.2 cm³/mol.